The summed E-state index contributed by atoms with van der Waals surface area (Å²) < 4.78 is 5.88. The minimum absolute atomic E-state index is 0.0604. The molecule has 0 saturated heterocycles. The molecule has 30 heavy (non-hydrogen) atoms. The molecule has 146 valence electrons. The summed E-state index contributed by atoms with van der Waals surface area (Å²) in [5.74, 6) is 0.117. The van der Waals surface area contributed by atoms with Crippen LogP contribution >= 0.6 is 11.6 Å². The number of nitrogens with zero attached hydrogens (tertiary/aromatic N) is 3. The van der Waals surface area contributed by atoms with Crippen LogP contribution < -0.4 is 10.5 Å². The number of rotatable bonds is 1. The smallest absolute Gasteiger partial charge is 0.205 e. The van der Waals surface area contributed by atoms with E-state index in [1.54, 1.807) is 6.20 Å². The summed E-state index contributed by atoms with van der Waals surface area (Å²) in [4.78, 5) is 9.15. The largest absolute Gasteiger partial charge is 0.438 e. The Morgan fingerprint density at radius 2 is 1.87 bits per heavy atom. The molecule has 4 aromatic rings. The number of allylic oxidation sites excluding steroid dienone is 1. The Balaban J connectivity index is 1.85. The Labute approximate surface area is 178 Å². The molecule has 2 aromatic heterocycles. The number of aromatic nitrogens is 2. The van der Waals surface area contributed by atoms with Crippen molar-refractivity contribution in [2.24, 2.45) is 5.73 Å². The van der Waals surface area contributed by atoms with Gasteiger partial charge in [0.2, 0.25) is 5.88 Å². The molecule has 0 bridgehead atoms. The molecule has 2 aromatic carbocycles. The van der Waals surface area contributed by atoms with Gasteiger partial charge in [-0.2, -0.15) is 5.26 Å². The third-order valence-corrected chi connectivity index (χ3v) is 5.95. The van der Waals surface area contributed by atoms with Crippen LogP contribution in [0.15, 0.2) is 60.1 Å². The number of aryl methyl sites for hydroxylation is 2. The van der Waals surface area contributed by atoms with Crippen LogP contribution in [-0.4, -0.2) is 9.97 Å². The number of fused-ring (bicyclic) bond motifs is 4. The summed E-state index contributed by atoms with van der Waals surface area (Å²) >= 11 is 6.68. The molecule has 0 amide bonds. The van der Waals surface area contributed by atoms with Gasteiger partial charge in [-0.25, -0.2) is 4.98 Å². The average molecular weight is 413 g/mol. The molecule has 0 unspecified atom stereocenters. The maximum atomic E-state index is 9.89. The van der Waals surface area contributed by atoms with Crippen LogP contribution in [0.5, 0.6) is 5.75 Å². The second kappa shape index (κ2) is 6.72. The first-order valence-electron chi connectivity index (χ1n) is 9.51. The summed E-state index contributed by atoms with van der Waals surface area (Å²) in [6.45, 7) is 4.04. The molecule has 5 rings (SSSR count). The minimum atomic E-state index is -0.491. The van der Waals surface area contributed by atoms with E-state index in [-0.39, 0.29) is 5.88 Å². The van der Waals surface area contributed by atoms with E-state index in [0.29, 0.717) is 22.0 Å². The molecule has 5 nitrogen and oxygen atoms in total. The van der Waals surface area contributed by atoms with Gasteiger partial charge in [0, 0.05) is 28.1 Å². The zero-order valence-electron chi connectivity index (χ0n) is 16.4. The first-order valence-corrected chi connectivity index (χ1v) is 9.89. The Morgan fingerprint density at radius 3 is 2.67 bits per heavy atom. The van der Waals surface area contributed by atoms with Gasteiger partial charge in [-0.05, 0) is 37.1 Å². The second-order valence-corrected chi connectivity index (χ2v) is 7.81. The van der Waals surface area contributed by atoms with Crippen molar-refractivity contribution in [2.45, 2.75) is 19.8 Å². The summed E-state index contributed by atoms with van der Waals surface area (Å²) in [5.41, 5.74) is 11.7. The second-order valence-electron chi connectivity index (χ2n) is 7.45. The number of hydrogen-bond donors (Lipinski definition) is 1. The monoisotopic (exact) mass is 412 g/mol. The third-order valence-electron chi connectivity index (χ3n) is 5.65. The zero-order valence-corrected chi connectivity index (χ0v) is 17.2. The lowest BCUT2D eigenvalue weighted by Crippen LogP contribution is -2.21. The number of halogens is 1. The van der Waals surface area contributed by atoms with Crippen molar-refractivity contribution in [1.29, 1.82) is 5.26 Å². The topological polar surface area (TPSA) is 84.8 Å². The highest BCUT2D eigenvalue weighted by molar-refractivity contribution is 6.30. The van der Waals surface area contributed by atoms with Crippen LogP contribution in [0.4, 0.5) is 0 Å². The van der Waals surface area contributed by atoms with E-state index in [9.17, 15) is 5.26 Å². The van der Waals surface area contributed by atoms with Crippen molar-refractivity contribution in [3.05, 3.63) is 87.5 Å². The predicted molar refractivity (Wildman–Crippen MR) is 117 cm³/mol. The fourth-order valence-electron chi connectivity index (χ4n) is 4.10. The van der Waals surface area contributed by atoms with Crippen molar-refractivity contribution >= 4 is 33.4 Å². The lowest BCUT2D eigenvalue weighted by Gasteiger charge is -2.27. The fourth-order valence-corrected chi connectivity index (χ4v) is 4.35. The van der Waals surface area contributed by atoms with Gasteiger partial charge in [-0.1, -0.05) is 41.9 Å². The quantitative estimate of drug-likeness (QED) is 0.430. The third kappa shape index (κ3) is 2.62. The van der Waals surface area contributed by atoms with Gasteiger partial charge < -0.3 is 10.5 Å². The van der Waals surface area contributed by atoms with E-state index < -0.39 is 5.92 Å². The van der Waals surface area contributed by atoms with Crippen molar-refractivity contribution < 1.29 is 4.74 Å². The van der Waals surface area contributed by atoms with Crippen LogP contribution in [0.3, 0.4) is 0 Å². The molecule has 3 heterocycles. The summed E-state index contributed by atoms with van der Waals surface area (Å²) in [6.07, 6.45) is 1.71. The Hall–Kier alpha value is -3.62. The van der Waals surface area contributed by atoms with Crippen LogP contribution in [0.1, 0.15) is 28.2 Å². The minimum Gasteiger partial charge on any atom is -0.438 e. The van der Waals surface area contributed by atoms with Crippen LogP contribution in [0.2, 0.25) is 5.15 Å². The normalized spacial score (nSPS) is 15.7. The van der Waals surface area contributed by atoms with Gasteiger partial charge in [0.25, 0.3) is 0 Å². The average Bonchev–Trinajstić information content (AvgIpc) is 2.75. The molecule has 0 aliphatic carbocycles. The lowest BCUT2D eigenvalue weighted by molar-refractivity contribution is 0.397. The van der Waals surface area contributed by atoms with E-state index in [1.165, 1.54) is 0 Å². The number of pyridine rings is 2. The van der Waals surface area contributed by atoms with Crippen molar-refractivity contribution in [2.75, 3.05) is 0 Å². The van der Waals surface area contributed by atoms with E-state index in [4.69, 9.17) is 22.1 Å². The maximum Gasteiger partial charge on any atom is 0.205 e. The fraction of sp³-hybridized carbons (Fsp3) is 0.125. The molecular weight excluding hydrogens is 396 g/mol. The molecular formula is C24H17ClN4O. The summed E-state index contributed by atoms with van der Waals surface area (Å²) in [5, 5.41) is 12.2. The van der Waals surface area contributed by atoms with E-state index in [2.05, 4.69) is 22.1 Å². The standard InChI is InChI=1S/C24H17ClN4O/c1-12-5-6-13(2)20-16(12)10-17(23(25)29-20)19-15-8-7-14-4-3-9-28-21(14)22(15)30-24(27)18(19)11-26/h3-10,19H,27H2,1-2H3/t19-/m1/s1. The van der Waals surface area contributed by atoms with Gasteiger partial charge in [-0.15, -0.1) is 0 Å². The summed E-state index contributed by atoms with van der Waals surface area (Å²) in [7, 11) is 0. The van der Waals surface area contributed by atoms with Crippen molar-refractivity contribution in [1.82, 2.24) is 9.97 Å². The molecule has 6 heteroatoms. The highest BCUT2D eigenvalue weighted by Crippen LogP contribution is 2.46. The lowest BCUT2D eigenvalue weighted by atomic mass is 9.83. The van der Waals surface area contributed by atoms with Crippen LogP contribution in [-0.2, 0) is 0 Å². The zero-order chi connectivity index (χ0) is 21.0. The molecule has 1 aliphatic heterocycles. The van der Waals surface area contributed by atoms with Gasteiger partial charge >= 0.3 is 0 Å². The SMILES string of the molecule is Cc1ccc(C)c2nc(Cl)c([C@@H]3C(C#N)=C(N)Oc4c3ccc3cccnc43)cc12. The number of ether oxygens (including phenoxy) is 1. The number of nitriles is 1. The van der Waals surface area contributed by atoms with Crippen molar-refractivity contribution in [3.63, 3.8) is 0 Å². The highest BCUT2D eigenvalue weighted by Gasteiger charge is 2.34. The Morgan fingerprint density at radius 1 is 1.07 bits per heavy atom. The van der Waals surface area contributed by atoms with E-state index in [0.717, 1.165) is 38.5 Å². The molecule has 0 saturated carbocycles. The Bertz CT molecular complexity index is 1440. The van der Waals surface area contributed by atoms with Crippen LogP contribution in [0, 0.1) is 25.2 Å². The van der Waals surface area contributed by atoms with Gasteiger partial charge in [0.15, 0.2) is 5.75 Å². The maximum absolute atomic E-state index is 9.89. The van der Waals surface area contributed by atoms with Gasteiger partial charge in [0.1, 0.15) is 22.3 Å². The first-order chi connectivity index (χ1) is 14.5. The number of benzene rings is 2. The van der Waals surface area contributed by atoms with Gasteiger partial charge in [0.05, 0.1) is 11.4 Å². The molecule has 2 N–H and O–H groups in total. The Kier molecular flexibility index (Phi) is 4.12. The molecule has 0 radical (unpaired) electrons. The first kappa shape index (κ1) is 18.4. The van der Waals surface area contributed by atoms with E-state index >= 15 is 0 Å². The highest BCUT2D eigenvalue weighted by atomic mass is 35.5. The van der Waals surface area contributed by atoms with Crippen molar-refractivity contribution in [3.8, 4) is 11.8 Å². The molecule has 0 fully saturated rings. The van der Waals surface area contributed by atoms with E-state index in [1.807, 2.05) is 50.2 Å². The molecule has 0 spiro atoms. The van der Waals surface area contributed by atoms with Crippen LogP contribution in [0.25, 0.3) is 21.8 Å². The number of hydrogen-bond acceptors (Lipinski definition) is 5. The number of nitrogens with two attached hydrogens (primary N) is 1. The van der Waals surface area contributed by atoms with Gasteiger partial charge in [-0.3, -0.25) is 4.98 Å². The summed E-state index contributed by atoms with van der Waals surface area (Å²) in [6, 6.07) is 16.0. The predicted octanol–water partition coefficient (Wildman–Crippen LogP) is 5.27. The molecule has 1 aliphatic rings. The molecule has 1 atom stereocenters.